The van der Waals surface area contributed by atoms with Crippen LogP contribution in [0.1, 0.15) is 32.7 Å². The Morgan fingerprint density at radius 1 is 1.04 bits per heavy atom. The summed E-state index contributed by atoms with van der Waals surface area (Å²) in [5, 5.41) is 3.68. The number of nitrogens with one attached hydrogen (secondary N) is 1. The van der Waals surface area contributed by atoms with Gasteiger partial charge in [0.2, 0.25) is 5.91 Å². The SMILES string of the molecule is Cc1ccc2c(c1)C(=O)N(CCC(=O)Nc1cccc3ncccc13)C2=O. The van der Waals surface area contributed by atoms with Crippen molar-refractivity contribution >= 4 is 34.3 Å². The third kappa shape index (κ3) is 3.06. The van der Waals surface area contributed by atoms with E-state index >= 15 is 0 Å². The summed E-state index contributed by atoms with van der Waals surface area (Å²) in [7, 11) is 0. The van der Waals surface area contributed by atoms with E-state index in [0.717, 1.165) is 21.4 Å². The maximum atomic E-state index is 12.5. The molecule has 3 amide bonds. The van der Waals surface area contributed by atoms with Crippen LogP contribution < -0.4 is 5.32 Å². The number of benzene rings is 2. The smallest absolute Gasteiger partial charge is 0.261 e. The van der Waals surface area contributed by atoms with Crippen LogP contribution in [0.5, 0.6) is 0 Å². The van der Waals surface area contributed by atoms with Gasteiger partial charge in [0, 0.05) is 24.5 Å². The minimum absolute atomic E-state index is 0.0289. The van der Waals surface area contributed by atoms with E-state index in [2.05, 4.69) is 10.3 Å². The van der Waals surface area contributed by atoms with Gasteiger partial charge in [-0.2, -0.15) is 0 Å². The lowest BCUT2D eigenvalue weighted by atomic mass is 10.1. The first-order valence-electron chi connectivity index (χ1n) is 8.65. The Balaban J connectivity index is 1.46. The van der Waals surface area contributed by atoms with Gasteiger partial charge in [-0.15, -0.1) is 0 Å². The minimum Gasteiger partial charge on any atom is -0.325 e. The largest absolute Gasteiger partial charge is 0.325 e. The number of hydrogen-bond acceptors (Lipinski definition) is 4. The normalized spacial score (nSPS) is 13.1. The maximum Gasteiger partial charge on any atom is 0.261 e. The number of hydrogen-bond donors (Lipinski definition) is 1. The highest BCUT2D eigenvalue weighted by Gasteiger charge is 2.35. The molecule has 0 unspecified atom stereocenters. The van der Waals surface area contributed by atoms with E-state index in [0.29, 0.717) is 16.8 Å². The fourth-order valence-electron chi connectivity index (χ4n) is 3.25. The molecular formula is C21H17N3O3. The molecular weight excluding hydrogens is 342 g/mol. The van der Waals surface area contributed by atoms with Gasteiger partial charge in [-0.1, -0.05) is 17.7 Å². The number of fused-ring (bicyclic) bond motifs is 2. The Bertz CT molecular complexity index is 1090. The summed E-state index contributed by atoms with van der Waals surface area (Å²) in [6.07, 6.45) is 1.72. The predicted molar refractivity (Wildman–Crippen MR) is 102 cm³/mol. The van der Waals surface area contributed by atoms with Crippen LogP contribution in [0.15, 0.2) is 54.7 Å². The van der Waals surface area contributed by atoms with Crippen LogP contribution in [-0.2, 0) is 4.79 Å². The molecule has 6 heteroatoms. The van der Waals surface area contributed by atoms with Gasteiger partial charge < -0.3 is 5.32 Å². The fraction of sp³-hybridized carbons (Fsp3) is 0.143. The molecule has 0 aliphatic carbocycles. The molecule has 2 aromatic carbocycles. The van der Waals surface area contributed by atoms with E-state index in [-0.39, 0.29) is 30.7 Å². The summed E-state index contributed by atoms with van der Waals surface area (Å²) >= 11 is 0. The molecule has 4 rings (SSSR count). The number of imide groups is 1. The van der Waals surface area contributed by atoms with Gasteiger partial charge in [0.1, 0.15) is 0 Å². The van der Waals surface area contributed by atoms with Crippen LogP contribution in [0.3, 0.4) is 0 Å². The third-order valence-corrected chi connectivity index (χ3v) is 4.61. The van der Waals surface area contributed by atoms with Gasteiger partial charge in [0.05, 0.1) is 22.3 Å². The van der Waals surface area contributed by atoms with Gasteiger partial charge in [0.25, 0.3) is 11.8 Å². The third-order valence-electron chi connectivity index (χ3n) is 4.61. The Labute approximate surface area is 155 Å². The number of nitrogens with zero attached hydrogens (tertiary/aromatic N) is 2. The molecule has 2 heterocycles. The highest BCUT2D eigenvalue weighted by molar-refractivity contribution is 6.21. The van der Waals surface area contributed by atoms with E-state index in [4.69, 9.17) is 0 Å². The number of aromatic nitrogens is 1. The fourth-order valence-corrected chi connectivity index (χ4v) is 3.25. The highest BCUT2D eigenvalue weighted by Crippen LogP contribution is 2.25. The number of anilines is 1. The van der Waals surface area contributed by atoms with Crippen molar-refractivity contribution in [2.45, 2.75) is 13.3 Å². The molecule has 0 fully saturated rings. The van der Waals surface area contributed by atoms with E-state index in [9.17, 15) is 14.4 Å². The first kappa shape index (κ1) is 16.9. The van der Waals surface area contributed by atoms with Crippen molar-refractivity contribution in [1.82, 2.24) is 9.88 Å². The summed E-state index contributed by atoms with van der Waals surface area (Å²) in [5.41, 5.74) is 3.15. The van der Waals surface area contributed by atoms with Gasteiger partial charge in [-0.3, -0.25) is 24.3 Å². The maximum absolute atomic E-state index is 12.5. The molecule has 27 heavy (non-hydrogen) atoms. The van der Waals surface area contributed by atoms with E-state index < -0.39 is 0 Å². The van der Waals surface area contributed by atoms with Gasteiger partial charge in [0.15, 0.2) is 0 Å². The topological polar surface area (TPSA) is 79.4 Å². The Hall–Kier alpha value is -3.54. The molecule has 6 nitrogen and oxygen atoms in total. The zero-order chi connectivity index (χ0) is 19.0. The van der Waals surface area contributed by atoms with Crippen molar-refractivity contribution in [2.24, 2.45) is 0 Å². The standard InChI is InChI=1S/C21H17N3O3/c1-13-7-8-14-16(12-13)21(27)24(20(14)26)11-9-19(25)23-18-6-2-5-17-15(18)4-3-10-22-17/h2-8,10,12H,9,11H2,1H3,(H,23,25). The van der Waals surface area contributed by atoms with Crippen molar-refractivity contribution < 1.29 is 14.4 Å². The van der Waals surface area contributed by atoms with E-state index in [1.54, 1.807) is 36.5 Å². The van der Waals surface area contributed by atoms with Crippen molar-refractivity contribution in [3.63, 3.8) is 0 Å². The lowest BCUT2D eigenvalue weighted by Crippen LogP contribution is -2.32. The van der Waals surface area contributed by atoms with Crippen LogP contribution in [0.25, 0.3) is 10.9 Å². The minimum atomic E-state index is -0.350. The average Bonchev–Trinajstić information content (AvgIpc) is 2.90. The van der Waals surface area contributed by atoms with Crippen molar-refractivity contribution in [3.8, 4) is 0 Å². The second-order valence-electron chi connectivity index (χ2n) is 6.48. The van der Waals surface area contributed by atoms with E-state index in [1.165, 1.54) is 0 Å². The quantitative estimate of drug-likeness (QED) is 0.726. The highest BCUT2D eigenvalue weighted by atomic mass is 16.2. The predicted octanol–water partition coefficient (Wildman–Crippen LogP) is 3.17. The summed E-state index contributed by atoms with van der Waals surface area (Å²) in [6, 6.07) is 14.3. The Morgan fingerprint density at radius 2 is 1.85 bits per heavy atom. The molecule has 0 spiro atoms. The molecule has 1 N–H and O–H groups in total. The first-order chi connectivity index (χ1) is 13.0. The number of rotatable bonds is 4. The summed E-state index contributed by atoms with van der Waals surface area (Å²) in [4.78, 5) is 42.7. The molecule has 0 atom stereocenters. The van der Waals surface area contributed by atoms with Gasteiger partial charge >= 0.3 is 0 Å². The van der Waals surface area contributed by atoms with Crippen molar-refractivity contribution in [3.05, 3.63) is 71.4 Å². The van der Waals surface area contributed by atoms with Gasteiger partial charge in [-0.25, -0.2) is 0 Å². The van der Waals surface area contributed by atoms with Crippen molar-refractivity contribution in [1.29, 1.82) is 0 Å². The molecule has 3 aromatic rings. The van der Waals surface area contributed by atoms with Crippen LogP contribution in [0.2, 0.25) is 0 Å². The first-order valence-corrected chi connectivity index (χ1v) is 8.65. The zero-order valence-corrected chi connectivity index (χ0v) is 14.7. The summed E-state index contributed by atoms with van der Waals surface area (Å²) in [5.74, 6) is -0.961. The summed E-state index contributed by atoms with van der Waals surface area (Å²) < 4.78 is 0. The lowest BCUT2D eigenvalue weighted by molar-refractivity contribution is -0.116. The summed E-state index contributed by atoms with van der Waals surface area (Å²) in [6.45, 7) is 1.91. The number of carbonyl (C=O) groups excluding carboxylic acids is 3. The molecule has 0 bridgehead atoms. The molecule has 1 aromatic heterocycles. The van der Waals surface area contributed by atoms with Crippen LogP contribution in [0.4, 0.5) is 5.69 Å². The molecule has 0 saturated heterocycles. The van der Waals surface area contributed by atoms with Crippen LogP contribution in [-0.4, -0.2) is 34.2 Å². The average molecular weight is 359 g/mol. The Kier molecular flexibility index (Phi) is 4.16. The Morgan fingerprint density at radius 3 is 2.70 bits per heavy atom. The lowest BCUT2D eigenvalue weighted by Gasteiger charge is -2.14. The van der Waals surface area contributed by atoms with Crippen LogP contribution >= 0.6 is 0 Å². The monoisotopic (exact) mass is 359 g/mol. The molecule has 1 aliphatic heterocycles. The van der Waals surface area contributed by atoms with E-state index in [1.807, 2.05) is 25.1 Å². The van der Waals surface area contributed by atoms with Crippen molar-refractivity contribution in [2.75, 3.05) is 11.9 Å². The van der Waals surface area contributed by atoms with Crippen LogP contribution in [0, 0.1) is 6.92 Å². The van der Waals surface area contributed by atoms with Gasteiger partial charge in [-0.05, 0) is 43.3 Å². The second kappa shape index (κ2) is 6.64. The number of pyridine rings is 1. The molecule has 134 valence electrons. The second-order valence-corrected chi connectivity index (χ2v) is 6.48. The number of amides is 3. The molecule has 0 radical (unpaired) electrons. The number of carbonyl (C=O) groups is 3. The molecule has 0 saturated carbocycles. The number of aryl methyl sites for hydroxylation is 1. The zero-order valence-electron chi connectivity index (χ0n) is 14.7. The molecule has 1 aliphatic rings.